The van der Waals surface area contributed by atoms with Crippen LogP contribution in [0.5, 0.6) is 0 Å². The fourth-order valence-corrected chi connectivity index (χ4v) is 8.78. The predicted molar refractivity (Wildman–Crippen MR) is 238 cm³/mol. The quantitative estimate of drug-likeness (QED) is 0.176. The van der Waals surface area contributed by atoms with Crippen LogP contribution in [-0.2, 0) is 0 Å². The van der Waals surface area contributed by atoms with Gasteiger partial charge in [0.1, 0.15) is 11.2 Å². The fourth-order valence-electron chi connectivity index (χ4n) is 8.78. The summed E-state index contributed by atoms with van der Waals surface area (Å²) in [6, 6.07) is 67.9. The van der Waals surface area contributed by atoms with Gasteiger partial charge in [0.05, 0.1) is 11.0 Å². The summed E-state index contributed by atoms with van der Waals surface area (Å²) in [6.45, 7) is 0. The van der Waals surface area contributed by atoms with Crippen LogP contribution < -0.4 is 0 Å². The minimum absolute atomic E-state index is 0.601. The molecule has 58 heavy (non-hydrogen) atoms. The van der Waals surface area contributed by atoms with E-state index in [1.165, 1.54) is 27.1 Å². The number of hydrogen-bond acceptors (Lipinski definition) is 4. The molecule has 0 saturated carbocycles. The van der Waals surface area contributed by atoms with Crippen molar-refractivity contribution in [3.63, 3.8) is 0 Å². The molecule has 5 heteroatoms. The summed E-state index contributed by atoms with van der Waals surface area (Å²) in [5, 5.41) is 9.16. The van der Waals surface area contributed by atoms with Crippen LogP contribution in [0.3, 0.4) is 0 Å². The molecule has 0 radical (unpaired) electrons. The molecule has 0 fully saturated rings. The third-order valence-corrected chi connectivity index (χ3v) is 11.4. The Kier molecular flexibility index (Phi) is 7.16. The molecule has 270 valence electrons. The lowest BCUT2D eigenvalue weighted by Gasteiger charge is -2.11. The van der Waals surface area contributed by atoms with Gasteiger partial charge in [-0.1, -0.05) is 133 Å². The van der Waals surface area contributed by atoms with Crippen LogP contribution in [0.15, 0.2) is 199 Å². The average Bonchev–Trinajstić information content (AvgIpc) is 3.84. The molecule has 0 aliphatic carbocycles. The van der Waals surface area contributed by atoms with Gasteiger partial charge < -0.3 is 8.98 Å². The standard InChI is InChI=1S/C53H32N4O/c1-3-15-34(16-4-1)51-54-52(35-26-28-47-44(30-35)41-22-11-12-25-46(41)57(47)37-18-5-2-6-19-37)56-53(55-51)36-27-29-48-45(31-36)50-42-23-10-9-21-40(42)43(32-49(50)58-48)39-24-13-17-33-14-7-8-20-38(33)39/h1-32H. The molecule has 9 aromatic carbocycles. The molecule has 5 nitrogen and oxygen atoms in total. The first-order valence-electron chi connectivity index (χ1n) is 19.5. The molecule has 0 bridgehead atoms. The first kappa shape index (κ1) is 32.4. The van der Waals surface area contributed by atoms with Crippen LogP contribution in [0.4, 0.5) is 0 Å². The molecule has 0 atom stereocenters. The Bertz CT molecular complexity index is 3560. The van der Waals surface area contributed by atoms with Gasteiger partial charge in [0.25, 0.3) is 0 Å². The molecule has 12 rings (SSSR count). The molecular formula is C53H32N4O. The SMILES string of the molecule is c1ccc(-c2nc(-c3ccc4oc5cc(-c6cccc7ccccc67)c6ccccc6c5c4c3)nc(-c3ccc4c(c3)c3ccccc3n4-c3ccccc3)n2)cc1. The summed E-state index contributed by atoms with van der Waals surface area (Å²) in [6.07, 6.45) is 0. The third-order valence-electron chi connectivity index (χ3n) is 11.4. The van der Waals surface area contributed by atoms with Gasteiger partial charge in [-0.05, 0) is 93.3 Å². The third kappa shape index (κ3) is 5.07. The van der Waals surface area contributed by atoms with E-state index in [4.69, 9.17) is 19.4 Å². The summed E-state index contributed by atoms with van der Waals surface area (Å²) in [7, 11) is 0. The molecule has 0 unspecified atom stereocenters. The van der Waals surface area contributed by atoms with Gasteiger partial charge in [-0.25, -0.2) is 15.0 Å². The van der Waals surface area contributed by atoms with Crippen LogP contribution in [0.2, 0.25) is 0 Å². The zero-order valence-corrected chi connectivity index (χ0v) is 31.2. The van der Waals surface area contributed by atoms with Crippen LogP contribution in [0, 0.1) is 0 Å². The molecule has 0 aliphatic rings. The highest BCUT2D eigenvalue weighted by Crippen LogP contribution is 2.43. The highest BCUT2D eigenvalue weighted by atomic mass is 16.3. The molecule has 0 saturated heterocycles. The van der Waals surface area contributed by atoms with Crippen molar-refractivity contribution in [2.75, 3.05) is 0 Å². The molecule has 0 aliphatic heterocycles. The summed E-state index contributed by atoms with van der Waals surface area (Å²) in [4.78, 5) is 15.4. The van der Waals surface area contributed by atoms with Crippen molar-refractivity contribution in [3.8, 4) is 51.0 Å². The van der Waals surface area contributed by atoms with Crippen molar-refractivity contribution < 1.29 is 4.42 Å². The van der Waals surface area contributed by atoms with Crippen molar-refractivity contribution in [3.05, 3.63) is 194 Å². The molecule has 3 aromatic heterocycles. The summed E-state index contributed by atoms with van der Waals surface area (Å²) in [5.74, 6) is 1.84. The normalized spacial score (nSPS) is 11.8. The Morgan fingerprint density at radius 2 is 0.931 bits per heavy atom. The number of benzene rings is 9. The van der Waals surface area contributed by atoms with Crippen molar-refractivity contribution in [2.24, 2.45) is 0 Å². The van der Waals surface area contributed by atoms with E-state index < -0.39 is 0 Å². The molecule has 0 spiro atoms. The Morgan fingerprint density at radius 3 is 1.72 bits per heavy atom. The maximum absolute atomic E-state index is 6.67. The number of rotatable bonds is 5. The number of fused-ring (bicyclic) bond motifs is 9. The Balaban J connectivity index is 1.05. The highest BCUT2D eigenvalue weighted by molar-refractivity contribution is 6.23. The van der Waals surface area contributed by atoms with E-state index in [2.05, 4.69) is 162 Å². The van der Waals surface area contributed by atoms with Crippen LogP contribution in [0.25, 0.3) is 116 Å². The van der Waals surface area contributed by atoms with Crippen molar-refractivity contribution in [1.29, 1.82) is 0 Å². The Morgan fingerprint density at radius 1 is 0.345 bits per heavy atom. The van der Waals surface area contributed by atoms with E-state index in [-0.39, 0.29) is 0 Å². The lowest BCUT2D eigenvalue weighted by atomic mass is 9.92. The highest BCUT2D eigenvalue weighted by Gasteiger charge is 2.20. The zero-order valence-electron chi connectivity index (χ0n) is 31.2. The maximum Gasteiger partial charge on any atom is 0.164 e. The van der Waals surface area contributed by atoms with E-state index in [9.17, 15) is 0 Å². The maximum atomic E-state index is 6.67. The first-order chi connectivity index (χ1) is 28.7. The average molecular weight is 741 g/mol. The van der Waals surface area contributed by atoms with Crippen molar-refractivity contribution >= 4 is 65.3 Å². The van der Waals surface area contributed by atoms with E-state index in [0.717, 1.165) is 71.7 Å². The van der Waals surface area contributed by atoms with Gasteiger partial charge in [-0.15, -0.1) is 0 Å². The van der Waals surface area contributed by atoms with Gasteiger partial charge in [-0.3, -0.25) is 0 Å². The lowest BCUT2D eigenvalue weighted by Crippen LogP contribution is -2.00. The minimum Gasteiger partial charge on any atom is -0.456 e. The van der Waals surface area contributed by atoms with Crippen LogP contribution >= 0.6 is 0 Å². The van der Waals surface area contributed by atoms with E-state index in [0.29, 0.717) is 17.5 Å². The van der Waals surface area contributed by atoms with Gasteiger partial charge in [0.2, 0.25) is 0 Å². The van der Waals surface area contributed by atoms with Crippen LogP contribution in [0.1, 0.15) is 0 Å². The van der Waals surface area contributed by atoms with Gasteiger partial charge >= 0.3 is 0 Å². The second-order valence-electron chi connectivity index (χ2n) is 14.8. The molecular weight excluding hydrogens is 709 g/mol. The van der Waals surface area contributed by atoms with E-state index in [1.807, 2.05) is 36.4 Å². The van der Waals surface area contributed by atoms with Gasteiger partial charge in [0, 0.05) is 43.9 Å². The number of hydrogen-bond donors (Lipinski definition) is 0. The molecule has 0 amide bonds. The van der Waals surface area contributed by atoms with Crippen molar-refractivity contribution in [1.82, 2.24) is 19.5 Å². The molecule has 0 N–H and O–H groups in total. The predicted octanol–water partition coefficient (Wildman–Crippen LogP) is 13.8. The number of nitrogens with zero attached hydrogens (tertiary/aromatic N) is 4. The zero-order chi connectivity index (χ0) is 38.2. The number of aromatic nitrogens is 4. The molecule has 12 aromatic rings. The molecule has 3 heterocycles. The second-order valence-corrected chi connectivity index (χ2v) is 14.8. The smallest absolute Gasteiger partial charge is 0.164 e. The Labute approximate surface area is 333 Å². The van der Waals surface area contributed by atoms with Crippen molar-refractivity contribution in [2.45, 2.75) is 0 Å². The largest absolute Gasteiger partial charge is 0.456 e. The monoisotopic (exact) mass is 740 g/mol. The fraction of sp³-hybridized carbons (Fsp3) is 0. The van der Waals surface area contributed by atoms with E-state index >= 15 is 0 Å². The summed E-state index contributed by atoms with van der Waals surface area (Å²) < 4.78 is 8.99. The summed E-state index contributed by atoms with van der Waals surface area (Å²) in [5.41, 5.74) is 10.1. The second kappa shape index (κ2) is 12.8. The Hall–Kier alpha value is -7.89. The van der Waals surface area contributed by atoms with Gasteiger partial charge in [0.15, 0.2) is 17.5 Å². The van der Waals surface area contributed by atoms with Crippen LogP contribution in [-0.4, -0.2) is 19.5 Å². The summed E-state index contributed by atoms with van der Waals surface area (Å²) >= 11 is 0. The number of furan rings is 1. The topological polar surface area (TPSA) is 56.7 Å². The lowest BCUT2D eigenvalue weighted by molar-refractivity contribution is 0.669. The van der Waals surface area contributed by atoms with E-state index in [1.54, 1.807) is 0 Å². The minimum atomic E-state index is 0.601. The number of para-hydroxylation sites is 2. The first-order valence-corrected chi connectivity index (χ1v) is 19.5. The van der Waals surface area contributed by atoms with Gasteiger partial charge in [-0.2, -0.15) is 0 Å².